The van der Waals surface area contributed by atoms with Gasteiger partial charge in [-0.05, 0) is 42.3 Å². The monoisotopic (exact) mass is 401 g/mol. The van der Waals surface area contributed by atoms with Gasteiger partial charge in [-0.25, -0.2) is 0 Å². The Labute approximate surface area is 135 Å². The summed E-state index contributed by atoms with van der Waals surface area (Å²) in [5, 5.41) is 4.26. The van der Waals surface area contributed by atoms with Gasteiger partial charge in [0.1, 0.15) is 0 Å². The zero-order valence-corrected chi connectivity index (χ0v) is 14.4. The van der Waals surface area contributed by atoms with Crippen LogP contribution in [0.3, 0.4) is 0 Å². The van der Waals surface area contributed by atoms with E-state index in [4.69, 9.17) is 11.6 Å². The van der Waals surface area contributed by atoms with Crippen molar-refractivity contribution in [1.82, 2.24) is 5.32 Å². The maximum Gasteiger partial charge on any atom is 0.0462 e. The standard InChI is InChI=1S/C15H14Br2ClN/c1-10(11-2-5-13(16)6-3-11)19-9-12-4-7-14(17)8-15(12)18/h2-8,10,19H,9H2,1H3. The summed E-state index contributed by atoms with van der Waals surface area (Å²) in [6, 6.07) is 14.6. The number of halogens is 3. The van der Waals surface area contributed by atoms with E-state index in [0.29, 0.717) is 0 Å². The fourth-order valence-electron chi connectivity index (χ4n) is 1.80. The van der Waals surface area contributed by atoms with Gasteiger partial charge in [0.25, 0.3) is 0 Å². The van der Waals surface area contributed by atoms with Gasteiger partial charge in [-0.3, -0.25) is 0 Å². The van der Waals surface area contributed by atoms with Gasteiger partial charge in [-0.1, -0.05) is 61.7 Å². The Morgan fingerprint density at radius 1 is 1.05 bits per heavy atom. The fraction of sp³-hybridized carbons (Fsp3) is 0.200. The SMILES string of the molecule is CC(NCc1ccc(Br)cc1Cl)c1ccc(Br)cc1. The molecule has 0 heterocycles. The van der Waals surface area contributed by atoms with E-state index in [2.05, 4.69) is 68.4 Å². The smallest absolute Gasteiger partial charge is 0.0462 e. The molecule has 1 atom stereocenters. The minimum absolute atomic E-state index is 0.285. The molecule has 0 saturated heterocycles. The molecule has 100 valence electrons. The molecule has 0 spiro atoms. The van der Waals surface area contributed by atoms with Crippen LogP contribution in [0, 0.1) is 0 Å². The normalized spacial score (nSPS) is 12.4. The molecule has 0 bridgehead atoms. The fourth-order valence-corrected chi connectivity index (χ4v) is 2.80. The number of rotatable bonds is 4. The molecule has 0 aliphatic carbocycles. The Bertz CT molecular complexity index is 555. The summed E-state index contributed by atoms with van der Waals surface area (Å²) in [6.07, 6.45) is 0. The van der Waals surface area contributed by atoms with E-state index in [1.165, 1.54) is 5.56 Å². The van der Waals surface area contributed by atoms with E-state index in [9.17, 15) is 0 Å². The van der Waals surface area contributed by atoms with Crippen LogP contribution in [0.1, 0.15) is 24.1 Å². The molecule has 0 aliphatic heterocycles. The first-order chi connectivity index (χ1) is 9.06. The summed E-state index contributed by atoms with van der Waals surface area (Å²) in [5.74, 6) is 0. The van der Waals surface area contributed by atoms with Gasteiger partial charge in [-0.15, -0.1) is 0 Å². The lowest BCUT2D eigenvalue weighted by Crippen LogP contribution is -2.18. The zero-order valence-electron chi connectivity index (χ0n) is 10.5. The van der Waals surface area contributed by atoms with Crippen LogP contribution in [-0.4, -0.2) is 0 Å². The molecule has 19 heavy (non-hydrogen) atoms. The average Bonchev–Trinajstić information content (AvgIpc) is 2.38. The van der Waals surface area contributed by atoms with Gasteiger partial charge in [0.15, 0.2) is 0 Å². The van der Waals surface area contributed by atoms with E-state index >= 15 is 0 Å². The Morgan fingerprint density at radius 2 is 1.68 bits per heavy atom. The first-order valence-electron chi connectivity index (χ1n) is 5.99. The zero-order chi connectivity index (χ0) is 13.8. The largest absolute Gasteiger partial charge is 0.306 e. The van der Waals surface area contributed by atoms with Crippen LogP contribution in [0.5, 0.6) is 0 Å². The van der Waals surface area contributed by atoms with Crippen molar-refractivity contribution in [3.05, 3.63) is 67.6 Å². The van der Waals surface area contributed by atoms with Crippen LogP contribution in [0.25, 0.3) is 0 Å². The Hall–Kier alpha value is -0.350. The molecule has 0 aliphatic rings. The van der Waals surface area contributed by atoms with Crippen molar-refractivity contribution in [2.75, 3.05) is 0 Å². The molecule has 1 N–H and O–H groups in total. The van der Waals surface area contributed by atoms with Crippen molar-refractivity contribution in [2.45, 2.75) is 19.5 Å². The summed E-state index contributed by atoms with van der Waals surface area (Å²) in [7, 11) is 0. The molecule has 2 rings (SSSR count). The molecule has 1 nitrogen and oxygen atoms in total. The summed E-state index contributed by atoms with van der Waals surface area (Å²) in [6.45, 7) is 2.90. The van der Waals surface area contributed by atoms with Crippen molar-refractivity contribution in [3.63, 3.8) is 0 Å². The van der Waals surface area contributed by atoms with Crippen molar-refractivity contribution in [1.29, 1.82) is 0 Å². The van der Waals surface area contributed by atoms with Crippen LogP contribution >= 0.6 is 43.5 Å². The van der Waals surface area contributed by atoms with E-state index in [0.717, 1.165) is 26.1 Å². The number of benzene rings is 2. The molecular formula is C15H14Br2ClN. The predicted octanol–water partition coefficient (Wildman–Crippen LogP) is 5.72. The van der Waals surface area contributed by atoms with Crippen molar-refractivity contribution < 1.29 is 0 Å². The van der Waals surface area contributed by atoms with E-state index in [-0.39, 0.29) is 6.04 Å². The molecule has 0 saturated carbocycles. The topological polar surface area (TPSA) is 12.0 Å². The van der Waals surface area contributed by atoms with Crippen LogP contribution in [0.15, 0.2) is 51.4 Å². The van der Waals surface area contributed by atoms with Gasteiger partial charge < -0.3 is 5.32 Å². The maximum absolute atomic E-state index is 6.20. The molecular weight excluding hydrogens is 389 g/mol. The molecule has 0 aromatic heterocycles. The third-order valence-electron chi connectivity index (χ3n) is 2.98. The van der Waals surface area contributed by atoms with Crippen molar-refractivity contribution in [3.8, 4) is 0 Å². The Kier molecular flexibility index (Phi) is 5.46. The lowest BCUT2D eigenvalue weighted by molar-refractivity contribution is 0.574. The van der Waals surface area contributed by atoms with Crippen LogP contribution in [-0.2, 0) is 6.54 Å². The highest BCUT2D eigenvalue weighted by Crippen LogP contribution is 2.22. The molecule has 2 aromatic rings. The second kappa shape index (κ2) is 6.89. The van der Waals surface area contributed by atoms with Gasteiger partial charge in [0, 0.05) is 26.6 Å². The molecule has 4 heteroatoms. The molecule has 2 aromatic carbocycles. The summed E-state index contributed by atoms with van der Waals surface area (Å²) in [5.41, 5.74) is 2.37. The summed E-state index contributed by atoms with van der Waals surface area (Å²) >= 11 is 13.1. The van der Waals surface area contributed by atoms with Gasteiger partial charge >= 0.3 is 0 Å². The quantitative estimate of drug-likeness (QED) is 0.689. The maximum atomic E-state index is 6.20. The van der Waals surface area contributed by atoms with Gasteiger partial charge in [0.2, 0.25) is 0 Å². The van der Waals surface area contributed by atoms with Crippen molar-refractivity contribution >= 4 is 43.5 Å². The second-order valence-corrected chi connectivity index (χ2v) is 6.63. The second-order valence-electron chi connectivity index (χ2n) is 4.39. The van der Waals surface area contributed by atoms with E-state index < -0.39 is 0 Å². The summed E-state index contributed by atoms with van der Waals surface area (Å²) < 4.78 is 2.10. The van der Waals surface area contributed by atoms with E-state index in [1.54, 1.807) is 0 Å². The van der Waals surface area contributed by atoms with Crippen LogP contribution in [0.4, 0.5) is 0 Å². The Balaban J connectivity index is 2.00. The third kappa shape index (κ3) is 4.32. The van der Waals surface area contributed by atoms with Crippen LogP contribution in [0.2, 0.25) is 5.02 Å². The minimum Gasteiger partial charge on any atom is -0.306 e. The summed E-state index contributed by atoms with van der Waals surface area (Å²) in [4.78, 5) is 0. The minimum atomic E-state index is 0.285. The lowest BCUT2D eigenvalue weighted by atomic mass is 10.1. The van der Waals surface area contributed by atoms with Gasteiger partial charge in [0.05, 0.1) is 0 Å². The van der Waals surface area contributed by atoms with E-state index in [1.807, 2.05) is 18.2 Å². The van der Waals surface area contributed by atoms with Gasteiger partial charge in [-0.2, -0.15) is 0 Å². The molecule has 1 unspecified atom stereocenters. The molecule has 0 radical (unpaired) electrons. The number of nitrogens with one attached hydrogen (secondary N) is 1. The Morgan fingerprint density at radius 3 is 2.32 bits per heavy atom. The first-order valence-corrected chi connectivity index (χ1v) is 7.95. The van der Waals surface area contributed by atoms with Crippen molar-refractivity contribution in [2.24, 2.45) is 0 Å². The predicted molar refractivity (Wildman–Crippen MR) is 88.5 cm³/mol. The first kappa shape index (κ1) is 15.0. The molecule has 0 amide bonds. The highest BCUT2D eigenvalue weighted by Gasteiger charge is 2.06. The number of hydrogen-bond donors (Lipinski definition) is 1. The van der Waals surface area contributed by atoms with Crippen LogP contribution < -0.4 is 5.32 Å². The highest BCUT2D eigenvalue weighted by atomic mass is 79.9. The average molecular weight is 404 g/mol. The third-order valence-corrected chi connectivity index (χ3v) is 4.36. The molecule has 0 fully saturated rings. The highest BCUT2D eigenvalue weighted by molar-refractivity contribution is 9.10. The lowest BCUT2D eigenvalue weighted by Gasteiger charge is -2.15. The number of hydrogen-bond acceptors (Lipinski definition) is 1.